The lowest BCUT2D eigenvalue weighted by molar-refractivity contribution is 0.102. The first-order valence-corrected chi connectivity index (χ1v) is 13.0. The van der Waals surface area contributed by atoms with Gasteiger partial charge in [-0.1, -0.05) is 33.7 Å². The molecular weight excluding hydrogens is 520 g/mol. The molecule has 5 N–H and O–H groups in total. The maximum Gasteiger partial charge on any atom is 0.410 e. The minimum absolute atomic E-state index is 0.0293. The zero-order chi connectivity index (χ0) is 25.8. The number of aromatic nitrogens is 1. The maximum atomic E-state index is 15.3. The number of halogens is 3. The lowest BCUT2D eigenvalue weighted by Gasteiger charge is -2.56. The summed E-state index contributed by atoms with van der Waals surface area (Å²) >= 11 is 11.9. The van der Waals surface area contributed by atoms with Gasteiger partial charge in [0.25, 0.3) is 5.91 Å². The molecule has 1 fully saturated rings. The van der Waals surface area contributed by atoms with Gasteiger partial charge in [0.1, 0.15) is 22.9 Å². The first kappa shape index (κ1) is 25.6. The fourth-order valence-corrected chi connectivity index (χ4v) is 8.49. The smallest absolute Gasteiger partial charge is 0.410 e. The van der Waals surface area contributed by atoms with Crippen LogP contribution in [0.5, 0.6) is 0 Å². The SMILES string of the molecule is CC1(C)C(NC(=O)O)=N[C@](C)(c2cc(NC(=O)c3ncc(Cl)cc3Cl)ccc2F)[C@@H]2CCNS21O. The highest BCUT2D eigenvalue weighted by Gasteiger charge is 2.61. The van der Waals surface area contributed by atoms with E-state index in [1.54, 1.807) is 20.8 Å². The van der Waals surface area contributed by atoms with Crippen LogP contribution in [-0.4, -0.2) is 49.0 Å². The van der Waals surface area contributed by atoms with E-state index in [0.29, 0.717) is 13.0 Å². The summed E-state index contributed by atoms with van der Waals surface area (Å²) in [5.41, 5.74) is -1.04. The Labute approximate surface area is 212 Å². The van der Waals surface area contributed by atoms with Crippen LogP contribution in [0, 0.1) is 5.82 Å². The molecule has 3 heterocycles. The van der Waals surface area contributed by atoms with Crippen LogP contribution in [0.4, 0.5) is 14.9 Å². The second kappa shape index (κ2) is 8.90. The van der Waals surface area contributed by atoms with Crippen molar-refractivity contribution in [1.29, 1.82) is 0 Å². The van der Waals surface area contributed by atoms with Gasteiger partial charge in [-0.3, -0.25) is 19.8 Å². The Bertz CT molecular complexity index is 1260. The topological polar surface area (TPSA) is 136 Å². The van der Waals surface area contributed by atoms with Gasteiger partial charge in [-0.2, -0.15) is 0 Å². The van der Waals surface area contributed by atoms with Gasteiger partial charge in [-0.15, -0.1) is 0 Å². The standard InChI is InChI=1S/C22H24Cl2FN5O4S/c1-21(2)19(29-20(32)33)30-22(3,16-6-7-27-35(16,21)34)13-9-12(4-5-15(13)25)28-18(31)17-14(24)8-11(23)10-26-17/h4-5,8-10,16,27,34H,6-7H2,1-3H3,(H,28,31)(H,29,30)(H,32,33)/t16-,22+/m0/s1. The largest absolute Gasteiger partial charge is 0.465 e. The Kier molecular flexibility index (Phi) is 6.52. The van der Waals surface area contributed by atoms with E-state index in [0.717, 1.165) is 0 Å². The predicted octanol–water partition coefficient (Wildman–Crippen LogP) is 5.01. The quantitative estimate of drug-likeness (QED) is 0.369. The minimum atomic E-state index is -2.68. The van der Waals surface area contributed by atoms with Crippen molar-refractivity contribution in [2.45, 2.75) is 42.7 Å². The first-order chi connectivity index (χ1) is 16.3. The van der Waals surface area contributed by atoms with E-state index in [1.165, 1.54) is 30.5 Å². The number of carbonyl (C=O) groups is 2. The Morgan fingerprint density at radius 3 is 2.60 bits per heavy atom. The number of anilines is 1. The molecule has 0 radical (unpaired) electrons. The zero-order valence-electron chi connectivity index (χ0n) is 19.0. The average Bonchev–Trinajstić information content (AvgIpc) is 3.18. The molecule has 1 aromatic heterocycles. The van der Waals surface area contributed by atoms with Crippen molar-refractivity contribution in [2.24, 2.45) is 4.99 Å². The van der Waals surface area contributed by atoms with E-state index in [1.807, 2.05) is 0 Å². The van der Waals surface area contributed by atoms with Crippen LogP contribution in [0.3, 0.4) is 0 Å². The molecule has 2 amide bonds. The first-order valence-electron chi connectivity index (χ1n) is 10.6. The fourth-order valence-electron chi connectivity index (χ4n) is 4.63. The van der Waals surface area contributed by atoms with Gasteiger partial charge in [0, 0.05) is 24.0 Å². The molecule has 1 saturated heterocycles. The summed E-state index contributed by atoms with van der Waals surface area (Å²) in [5.74, 6) is -1.21. The van der Waals surface area contributed by atoms with E-state index in [-0.39, 0.29) is 32.8 Å². The number of nitrogens with zero attached hydrogens (tertiary/aromatic N) is 2. The molecule has 2 aliphatic heterocycles. The molecule has 35 heavy (non-hydrogen) atoms. The van der Waals surface area contributed by atoms with Crippen LogP contribution in [0.1, 0.15) is 43.2 Å². The van der Waals surface area contributed by atoms with Gasteiger partial charge >= 0.3 is 6.09 Å². The van der Waals surface area contributed by atoms with E-state index in [2.05, 4.69) is 25.3 Å². The normalized spacial score (nSPS) is 28.9. The van der Waals surface area contributed by atoms with E-state index in [9.17, 15) is 19.2 Å². The van der Waals surface area contributed by atoms with Crippen molar-refractivity contribution in [3.8, 4) is 0 Å². The van der Waals surface area contributed by atoms with Crippen molar-refractivity contribution in [3.63, 3.8) is 0 Å². The Balaban J connectivity index is 1.79. The highest BCUT2D eigenvalue weighted by Crippen LogP contribution is 2.67. The number of hydrogen-bond acceptors (Lipinski definition) is 6. The fraction of sp³-hybridized carbons (Fsp3) is 0.364. The molecule has 188 valence electrons. The number of amides is 2. The third-order valence-corrected chi connectivity index (χ3v) is 10.9. The molecule has 3 atom stereocenters. The Morgan fingerprint density at radius 2 is 1.94 bits per heavy atom. The summed E-state index contributed by atoms with van der Waals surface area (Å²) in [4.78, 5) is 32.9. The monoisotopic (exact) mass is 543 g/mol. The lowest BCUT2D eigenvalue weighted by atomic mass is 9.85. The number of hydrogen-bond donors (Lipinski definition) is 5. The van der Waals surface area contributed by atoms with Gasteiger partial charge in [-0.05, 0) is 51.5 Å². The molecule has 2 aromatic rings. The average molecular weight is 544 g/mol. The lowest BCUT2D eigenvalue weighted by Crippen LogP contribution is -2.59. The second-order valence-electron chi connectivity index (χ2n) is 8.98. The van der Waals surface area contributed by atoms with E-state index < -0.39 is 43.8 Å². The third-order valence-electron chi connectivity index (χ3n) is 6.48. The van der Waals surface area contributed by atoms with Gasteiger partial charge < -0.3 is 15.0 Å². The maximum absolute atomic E-state index is 15.3. The van der Waals surface area contributed by atoms with Gasteiger partial charge in [0.05, 0.1) is 20.0 Å². The van der Waals surface area contributed by atoms with Crippen LogP contribution in [0.15, 0.2) is 35.5 Å². The number of aliphatic imine (C=N–C) groups is 1. The summed E-state index contributed by atoms with van der Waals surface area (Å²) in [5, 5.41) is 14.1. The number of rotatable bonds is 3. The van der Waals surface area contributed by atoms with Gasteiger partial charge in [-0.25, -0.2) is 14.2 Å². The van der Waals surface area contributed by atoms with Gasteiger partial charge in [0.2, 0.25) is 0 Å². The van der Waals surface area contributed by atoms with Crippen molar-refractivity contribution in [2.75, 3.05) is 11.9 Å². The molecule has 0 spiro atoms. The summed E-state index contributed by atoms with van der Waals surface area (Å²) < 4.78 is 29.1. The number of carboxylic acid groups (broad SMARTS) is 1. The summed E-state index contributed by atoms with van der Waals surface area (Å²) in [6.07, 6.45) is 0.439. The van der Waals surface area contributed by atoms with Gasteiger partial charge in [0.15, 0.2) is 0 Å². The molecule has 0 bridgehead atoms. The summed E-state index contributed by atoms with van der Waals surface area (Å²) in [6, 6.07) is 5.37. The number of nitrogens with one attached hydrogen (secondary N) is 3. The predicted molar refractivity (Wildman–Crippen MR) is 135 cm³/mol. The molecular formula is C22H24Cl2FN5O4S. The number of fused-ring (bicyclic) bond motifs is 1. The van der Waals surface area contributed by atoms with Crippen LogP contribution in [0.25, 0.3) is 0 Å². The second-order valence-corrected chi connectivity index (χ2v) is 13.0. The Morgan fingerprint density at radius 1 is 1.23 bits per heavy atom. The third kappa shape index (κ3) is 4.25. The number of amidine groups is 1. The molecule has 0 saturated carbocycles. The highest BCUT2D eigenvalue weighted by atomic mass is 35.5. The molecule has 1 unspecified atom stereocenters. The van der Waals surface area contributed by atoms with Crippen molar-refractivity contribution < 1.29 is 23.6 Å². The summed E-state index contributed by atoms with van der Waals surface area (Å²) in [7, 11) is -2.68. The van der Waals surface area contributed by atoms with Crippen molar-refractivity contribution in [3.05, 3.63) is 57.6 Å². The van der Waals surface area contributed by atoms with Crippen molar-refractivity contribution in [1.82, 2.24) is 15.0 Å². The highest BCUT2D eigenvalue weighted by molar-refractivity contribution is 8.29. The number of pyridine rings is 1. The summed E-state index contributed by atoms with van der Waals surface area (Å²) in [6.45, 7) is 5.53. The molecule has 13 heteroatoms. The van der Waals surface area contributed by atoms with Crippen LogP contribution in [0.2, 0.25) is 10.0 Å². The van der Waals surface area contributed by atoms with Crippen LogP contribution in [-0.2, 0) is 5.54 Å². The molecule has 4 rings (SSSR count). The number of benzene rings is 1. The Hall–Kier alpha value is -2.44. The molecule has 1 aromatic carbocycles. The number of carbonyl (C=O) groups excluding carboxylic acids is 1. The minimum Gasteiger partial charge on any atom is -0.465 e. The zero-order valence-corrected chi connectivity index (χ0v) is 21.4. The van der Waals surface area contributed by atoms with Crippen molar-refractivity contribution >= 4 is 57.2 Å². The molecule has 9 nitrogen and oxygen atoms in total. The molecule has 0 aliphatic carbocycles. The van der Waals surface area contributed by atoms with Crippen LogP contribution >= 0.6 is 33.7 Å². The molecule has 2 aliphatic rings. The van der Waals surface area contributed by atoms with E-state index >= 15 is 4.39 Å². The van der Waals surface area contributed by atoms with E-state index in [4.69, 9.17) is 23.2 Å². The van der Waals surface area contributed by atoms with Crippen LogP contribution < -0.4 is 15.4 Å².